The van der Waals surface area contributed by atoms with Gasteiger partial charge in [0.15, 0.2) is 0 Å². The van der Waals surface area contributed by atoms with Crippen LogP contribution in [0.25, 0.3) is 0 Å². The summed E-state index contributed by atoms with van der Waals surface area (Å²) in [5.41, 5.74) is 0.894. The number of ether oxygens (including phenoxy) is 1. The van der Waals surface area contributed by atoms with E-state index in [0.29, 0.717) is 25.9 Å². The van der Waals surface area contributed by atoms with Crippen LogP contribution < -0.4 is 10.6 Å². The van der Waals surface area contributed by atoms with Gasteiger partial charge in [0.1, 0.15) is 12.1 Å². The first-order valence-electron chi connectivity index (χ1n) is 9.83. The van der Waals surface area contributed by atoms with Crippen LogP contribution in [0.4, 0.5) is 0 Å². The van der Waals surface area contributed by atoms with Crippen LogP contribution in [0.1, 0.15) is 32.8 Å². The molecule has 0 aromatic heterocycles. The van der Waals surface area contributed by atoms with Crippen molar-refractivity contribution in [3.8, 4) is 0 Å². The van der Waals surface area contributed by atoms with E-state index in [9.17, 15) is 9.59 Å². The Morgan fingerprint density at radius 2 is 2.04 bits per heavy atom. The Labute approximate surface area is 161 Å². The molecule has 2 N–H and O–H groups in total. The van der Waals surface area contributed by atoms with Gasteiger partial charge in [-0.05, 0) is 39.2 Å². The van der Waals surface area contributed by atoms with Crippen molar-refractivity contribution in [2.24, 2.45) is 5.92 Å². The minimum Gasteiger partial charge on any atom is -0.461 e. The van der Waals surface area contributed by atoms with Crippen LogP contribution in [0, 0.1) is 5.92 Å². The summed E-state index contributed by atoms with van der Waals surface area (Å²) in [7, 11) is 0. The van der Waals surface area contributed by atoms with Crippen molar-refractivity contribution in [3.05, 3.63) is 35.9 Å². The first-order valence-corrected chi connectivity index (χ1v) is 9.83. The number of benzene rings is 1. The smallest absolute Gasteiger partial charge is 0.309 e. The standard InChI is InChI=1S/C21H31N3O3/c1-21(2,3)23-19(25)18-13-22-9-10-24(18)14-17-12-16(20(26)27-17)11-15-7-5-4-6-8-15/h4-8,16-18,22H,9-14H2,1-3H3,(H,23,25). The molecule has 27 heavy (non-hydrogen) atoms. The molecule has 2 saturated heterocycles. The third-order valence-corrected chi connectivity index (χ3v) is 5.08. The lowest BCUT2D eigenvalue weighted by atomic mass is 9.96. The second-order valence-corrected chi connectivity index (χ2v) is 8.64. The summed E-state index contributed by atoms with van der Waals surface area (Å²) in [5, 5.41) is 6.36. The summed E-state index contributed by atoms with van der Waals surface area (Å²) >= 11 is 0. The summed E-state index contributed by atoms with van der Waals surface area (Å²) in [6.07, 6.45) is 1.28. The van der Waals surface area contributed by atoms with Gasteiger partial charge in [0.2, 0.25) is 5.91 Å². The average Bonchev–Trinajstić information content (AvgIpc) is 2.94. The van der Waals surface area contributed by atoms with Gasteiger partial charge in [-0.1, -0.05) is 30.3 Å². The molecule has 2 aliphatic rings. The van der Waals surface area contributed by atoms with Crippen molar-refractivity contribution in [3.63, 3.8) is 0 Å². The largest absolute Gasteiger partial charge is 0.461 e. The van der Waals surface area contributed by atoms with E-state index in [2.05, 4.69) is 15.5 Å². The lowest BCUT2D eigenvalue weighted by molar-refractivity contribution is -0.145. The van der Waals surface area contributed by atoms with Gasteiger partial charge in [0.05, 0.1) is 5.92 Å². The van der Waals surface area contributed by atoms with Gasteiger partial charge in [0, 0.05) is 31.7 Å². The SMILES string of the molecule is CC(C)(C)NC(=O)C1CNCCN1CC1CC(Cc2ccccc2)C(=O)O1. The normalized spacial score (nSPS) is 26.6. The highest BCUT2D eigenvalue weighted by atomic mass is 16.6. The summed E-state index contributed by atoms with van der Waals surface area (Å²) in [6, 6.07) is 9.82. The van der Waals surface area contributed by atoms with Gasteiger partial charge in [-0.25, -0.2) is 0 Å². The van der Waals surface area contributed by atoms with Crippen LogP contribution in [0.15, 0.2) is 30.3 Å². The minimum atomic E-state index is -0.263. The zero-order valence-corrected chi connectivity index (χ0v) is 16.5. The Morgan fingerprint density at radius 1 is 1.30 bits per heavy atom. The number of amides is 1. The fraction of sp³-hybridized carbons (Fsp3) is 0.619. The molecule has 148 valence electrons. The third kappa shape index (κ3) is 5.53. The fourth-order valence-electron chi connectivity index (χ4n) is 3.84. The second kappa shape index (κ2) is 8.40. The van der Waals surface area contributed by atoms with Crippen molar-refractivity contribution in [1.82, 2.24) is 15.5 Å². The van der Waals surface area contributed by atoms with Crippen LogP contribution in [0.3, 0.4) is 0 Å². The maximum absolute atomic E-state index is 12.7. The van der Waals surface area contributed by atoms with Gasteiger partial charge in [-0.15, -0.1) is 0 Å². The maximum Gasteiger partial charge on any atom is 0.309 e. The van der Waals surface area contributed by atoms with Crippen LogP contribution >= 0.6 is 0 Å². The quantitative estimate of drug-likeness (QED) is 0.763. The van der Waals surface area contributed by atoms with Crippen LogP contribution in [-0.2, 0) is 20.7 Å². The van der Waals surface area contributed by atoms with Gasteiger partial charge >= 0.3 is 5.97 Å². The van der Waals surface area contributed by atoms with Crippen LogP contribution in [-0.4, -0.2) is 60.6 Å². The van der Waals surface area contributed by atoms with Gasteiger partial charge in [-0.3, -0.25) is 14.5 Å². The van der Waals surface area contributed by atoms with E-state index in [1.807, 2.05) is 51.1 Å². The van der Waals surface area contributed by atoms with E-state index in [-0.39, 0.29) is 35.5 Å². The molecular formula is C21H31N3O3. The summed E-state index contributed by atoms with van der Waals surface area (Å²) in [6.45, 7) is 8.80. The topological polar surface area (TPSA) is 70.7 Å². The van der Waals surface area contributed by atoms with Crippen molar-refractivity contribution in [1.29, 1.82) is 0 Å². The number of hydrogen-bond acceptors (Lipinski definition) is 5. The number of nitrogens with zero attached hydrogens (tertiary/aromatic N) is 1. The molecule has 3 atom stereocenters. The Morgan fingerprint density at radius 3 is 2.74 bits per heavy atom. The second-order valence-electron chi connectivity index (χ2n) is 8.64. The zero-order valence-electron chi connectivity index (χ0n) is 16.5. The molecule has 3 rings (SSSR count). The zero-order chi connectivity index (χ0) is 19.4. The molecular weight excluding hydrogens is 342 g/mol. The molecule has 0 saturated carbocycles. The first kappa shape index (κ1) is 19.8. The van der Waals surface area contributed by atoms with Crippen molar-refractivity contribution in [2.45, 2.75) is 51.3 Å². The van der Waals surface area contributed by atoms with E-state index in [1.165, 1.54) is 0 Å². The molecule has 0 aliphatic carbocycles. The predicted octanol–water partition coefficient (Wildman–Crippen LogP) is 1.35. The number of esters is 1. The van der Waals surface area contributed by atoms with Crippen LogP contribution in [0.2, 0.25) is 0 Å². The number of rotatable bonds is 5. The summed E-state index contributed by atoms with van der Waals surface area (Å²) in [4.78, 5) is 27.1. The third-order valence-electron chi connectivity index (χ3n) is 5.08. The van der Waals surface area contributed by atoms with Gasteiger partial charge < -0.3 is 15.4 Å². The molecule has 2 heterocycles. The van der Waals surface area contributed by atoms with E-state index < -0.39 is 0 Å². The number of hydrogen-bond donors (Lipinski definition) is 2. The van der Waals surface area contributed by atoms with E-state index in [1.54, 1.807) is 0 Å². The molecule has 1 aromatic carbocycles. The maximum atomic E-state index is 12.7. The molecule has 3 unspecified atom stereocenters. The van der Waals surface area contributed by atoms with E-state index in [4.69, 9.17) is 4.74 Å². The molecule has 0 radical (unpaired) electrons. The first-order chi connectivity index (χ1) is 12.8. The predicted molar refractivity (Wildman–Crippen MR) is 104 cm³/mol. The summed E-state index contributed by atoms with van der Waals surface area (Å²) < 4.78 is 5.65. The molecule has 1 aromatic rings. The van der Waals surface area contributed by atoms with Crippen LogP contribution in [0.5, 0.6) is 0 Å². The fourth-order valence-corrected chi connectivity index (χ4v) is 3.84. The molecule has 6 nitrogen and oxygen atoms in total. The van der Waals surface area contributed by atoms with Crippen molar-refractivity contribution < 1.29 is 14.3 Å². The van der Waals surface area contributed by atoms with Crippen molar-refractivity contribution in [2.75, 3.05) is 26.2 Å². The number of nitrogens with one attached hydrogen (secondary N) is 2. The lowest BCUT2D eigenvalue weighted by Gasteiger charge is -2.37. The Bertz CT molecular complexity index is 656. The molecule has 2 aliphatic heterocycles. The van der Waals surface area contributed by atoms with E-state index in [0.717, 1.165) is 18.7 Å². The molecule has 2 fully saturated rings. The number of piperazine rings is 1. The van der Waals surface area contributed by atoms with Crippen molar-refractivity contribution >= 4 is 11.9 Å². The number of cyclic esters (lactones) is 1. The monoisotopic (exact) mass is 373 g/mol. The number of carbonyl (C=O) groups is 2. The average molecular weight is 373 g/mol. The Balaban J connectivity index is 1.58. The molecule has 0 spiro atoms. The highest BCUT2D eigenvalue weighted by Gasteiger charge is 2.38. The molecule has 6 heteroatoms. The van der Waals surface area contributed by atoms with E-state index >= 15 is 0 Å². The highest BCUT2D eigenvalue weighted by Crippen LogP contribution is 2.26. The summed E-state index contributed by atoms with van der Waals surface area (Å²) in [5.74, 6) is -0.184. The highest BCUT2D eigenvalue weighted by molar-refractivity contribution is 5.82. The van der Waals surface area contributed by atoms with Gasteiger partial charge in [0.25, 0.3) is 0 Å². The Hall–Kier alpha value is -1.92. The lowest BCUT2D eigenvalue weighted by Crippen LogP contribution is -2.61. The minimum absolute atomic E-state index is 0.0276. The molecule has 1 amide bonds. The van der Waals surface area contributed by atoms with Gasteiger partial charge in [-0.2, -0.15) is 0 Å². The number of carbonyl (C=O) groups excluding carboxylic acids is 2. The Kier molecular flexibility index (Phi) is 6.17. The molecule has 0 bridgehead atoms.